The fraction of sp³-hybridized carbons (Fsp3) is 0.310. The number of nitrogens with one attached hydrogen (secondary N) is 2. The molecule has 0 aliphatic carbocycles. The molecule has 3 amide bonds. The summed E-state index contributed by atoms with van der Waals surface area (Å²) in [6.07, 6.45) is -0.734. The number of aliphatic hydroxyl groups is 1. The third-order valence-corrected chi connectivity index (χ3v) is 8.77. The molecule has 218 valence electrons. The van der Waals surface area contributed by atoms with E-state index >= 15 is 0 Å². The Bertz CT molecular complexity index is 1490. The van der Waals surface area contributed by atoms with Crippen LogP contribution in [0, 0.1) is 11.7 Å². The lowest BCUT2D eigenvalue weighted by Crippen LogP contribution is -2.50. The zero-order valence-electron chi connectivity index (χ0n) is 23.0. The predicted molar refractivity (Wildman–Crippen MR) is 153 cm³/mol. The number of carbonyl (C=O) groups excluding carboxylic acids is 2. The minimum Gasteiger partial charge on any atom is -0.486 e. The second kappa shape index (κ2) is 12.7. The van der Waals surface area contributed by atoms with Crippen molar-refractivity contribution in [2.45, 2.75) is 30.9 Å². The highest BCUT2D eigenvalue weighted by Gasteiger charge is 2.36. The molecule has 3 N–H and O–H groups in total. The molecule has 0 bridgehead atoms. The van der Waals surface area contributed by atoms with Gasteiger partial charge in [-0.1, -0.05) is 31.2 Å². The van der Waals surface area contributed by atoms with Crippen molar-refractivity contribution in [3.63, 3.8) is 0 Å². The van der Waals surface area contributed by atoms with Crippen LogP contribution in [0.4, 0.5) is 20.6 Å². The minimum atomic E-state index is -3.85. The Morgan fingerprint density at radius 1 is 1.10 bits per heavy atom. The van der Waals surface area contributed by atoms with Gasteiger partial charge in [-0.15, -0.1) is 0 Å². The fourth-order valence-electron chi connectivity index (χ4n) is 4.50. The van der Waals surface area contributed by atoms with E-state index < -0.39 is 39.9 Å². The molecule has 0 aromatic heterocycles. The molecule has 3 aromatic carbocycles. The smallest absolute Gasteiger partial charge is 0.323 e. The van der Waals surface area contributed by atoms with Crippen molar-refractivity contribution in [1.82, 2.24) is 9.21 Å². The predicted octanol–water partition coefficient (Wildman–Crippen LogP) is 4.01. The molecule has 0 saturated heterocycles. The van der Waals surface area contributed by atoms with Crippen molar-refractivity contribution in [2.75, 3.05) is 37.4 Å². The van der Waals surface area contributed by atoms with Crippen LogP contribution in [0.5, 0.6) is 5.75 Å². The number of amides is 3. The number of fused-ring (bicyclic) bond motifs is 1. The monoisotopic (exact) mass is 584 g/mol. The van der Waals surface area contributed by atoms with Gasteiger partial charge in [-0.2, -0.15) is 4.31 Å². The number of para-hydroxylation sites is 1. The fourth-order valence-corrected chi connectivity index (χ4v) is 5.71. The number of likely N-dealkylation sites (N-methyl/N-ethyl adjacent to an activating group) is 1. The maximum Gasteiger partial charge on any atom is 0.323 e. The largest absolute Gasteiger partial charge is 0.486 e. The van der Waals surface area contributed by atoms with Crippen LogP contribution >= 0.6 is 0 Å². The third kappa shape index (κ3) is 6.84. The molecule has 3 aromatic rings. The molecule has 0 saturated carbocycles. The highest BCUT2D eigenvalue weighted by Crippen LogP contribution is 2.35. The molecule has 0 unspecified atom stereocenters. The Kier molecular flexibility index (Phi) is 9.26. The van der Waals surface area contributed by atoms with Gasteiger partial charge in [-0.3, -0.25) is 4.79 Å². The van der Waals surface area contributed by atoms with E-state index in [1.54, 1.807) is 43.3 Å². The summed E-state index contributed by atoms with van der Waals surface area (Å²) >= 11 is 0. The molecular formula is C29H33FN4O6S. The molecule has 4 rings (SSSR count). The lowest BCUT2D eigenvalue weighted by Gasteiger charge is -2.38. The summed E-state index contributed by atoms with van der Waals surface area (Å²) in [5, 5.41) is 15.2. The van der Waals surface area contributed by atoms with E-state index in [2.05, 4.69) is 10.6 Å². The highest BCUT2D eigenvalue weighted by atomic mass is 32.2. The Morgan fingerprint density at radius 2 is 1.78 bits per heavy atom. The number of nitrogens with zero attached hydrogens (tertiary/aromatic N) is 2. The lowest BCUT2D eigenvalue weighted by atomic mass is 9.99. The van der Waals surface area contributed by atoms with E-state index in [4.69, 9.17) is 4.74 Å². The second-order valence-corrected chi connectivity index (χ2v) is 12.0. The van der Waals surface area contributed by atoms with Gasteiger partial charge < -0.3 is 25.4 Å². The van der Waals surface area contributed by atoms with Crippen molar-refractivity contribution < 1.29 is 32.2 Å². The molecule has 0 radical (unpaired) electrons. The number of rotatable bonds is 8. The first-order valence-corrected chi connectivity index (χ1v) is 14.5. The second-order valence-electron chi connectivity index (χ2n) is 9.99. The van der Waals surface area contributed by atoms with E-state index in [0.717, 1.165) is 0 Å². The number of hydrogen-bond acceptors (Lipinski definition) is 6. The van der Waals surface area contributed by atoms with Gasteiger partial charge in [0.1, 0.15) is 11.9 Å². The normalized spacial score (nSPS) is 18.1. The lowest BCUT2D eigenvalue weighted by molar-refractivity contribution is 0.0389. The summed E-state index contributed by atoms with van der Waals surface area (Å²) < 4.78 is 47.4. The van der Waals surface area contributed by atoms with Gasteiger partial charge in [0.15, 0.2) is 5.75 Å². The minimum absolute atomic E-state index is 0.0521. The van der Waals surface area contributed by atoms with Crippen LogP contribution in [0.2, 0.25) is 0 Å². The van der Waals surface area contributed by atoms with Crippen LogP contribution in [0.3, 0.4) is 0 Å². The molecule has 41 heavy (non-hydrogen) atoms. The maximum atomic E-state index is 13.6. The van der Waals surface area contributed by atoms with Crippen molar-refractivity contribution in [3.8, 4) is 5.75 Å². The number of carbonyl (C=O) groups is 2. The quantitative estimate of drug-likeness (QED) is 0.367. The summed E-state index contributed by atoms with van der Waals surface area (Å²) in [6.45, 7) is 3.42. The van der Waals surface area contributed by atoms with Crippen LogP contribution in [-0.4, -0.2) is 73.6 Å². The molecular weight excluding hydrogens is 551 g/mol. The highest BCUT2D eigenvalue weighted by molar-refractivity contribution is 7.89. The van der Waals surface area contributed by atoms with Gasteiger partial charge in [0, 0.05) is 25.2 Å². The molecule has 0 spiro atoms. The molecule has 1 aliphatic rings. The first-order valence-electron chi connectivity index (χ1n) is 13.1. The number of halogens is 1. The van der Waals surface area contributed by atoms with Gasteiger partial charge in [0.05, 0.1) is 35.3 Å². The summed E-state index contributed by atoms with van der Waals surface area (Å²) in [4.78, 5) is 28.1. The van der Waals surface area contributed by atoms with Gasteiger partial charge in [0.25, 0.3) is 5.91 Å². The zero-order valence-corrected chi connectivity index (χ0v) is 23.8. The van der Waals surface area contributed by atoms with Gasteiger partial charge in [-0.05, 0) is 55.5 Å². The van der Waals surface area contributed by atoms with Crippen LogP contribution in [-0.2, 0) is 10.0 Å². The average Bonchev–Trinajstić information content (AvgIpc) is 2.96. The van der Waals surface area contributed by atoms with Crippen LogP contribution in [0.1, 0.15) is 24.2 Å². The summed E-state index contributed by atoms with van der Waals surface area (Å²) in [5.41, 5.74) is 0.678. The molecule has 3 atom stereocenters. The van der Waals surface area contributed by atoms with Crippen molar-refractivity contribution >= 4 is 33.3 Å². The van der Waals surface area contributed by atoms with Crippen molar-refractivity contribution in [1.29, 1.82) is 0 Å². The SMILES string of the molecule is C[C@H](CO)N1C[C@H](C)[C@@H](CN(C)S(=O)(=O)c2ccccc2)Oc2c(NC(=O)Nc3ccc(F)cc3)cccc2C1=O. The first kappa shape index (κ1) is 30.0. The van der Waals surface area contributed by atoms with E-state index in [1.165, 1.54) is 52.7 Å². The van der Waals surface area contributed by atoms with Gasteiger partial charge >= 0.3 is 6.03 Å². The van der Waals surface area contributed by atoms with Gasteiger partial charge in [0.2, 0.25) is 10.0 Å². The van der Waals surface area contributed by atoms with E-state index in [-0.39, 0.29) is 47.5 Å². The number of urea groups is 1. The molecule has 1 heterocycles. The summed E-state index contributed by atoms with van der Waals surface area (Å²) in [7, 11) is -2.39. The zero-order chi connectivity index (χ0) is 29.7. The van der Waals surface area contributed by atoms with Crippen molar-refractivity contribution in [3.05, 3.63) is 84.2 Å². The molecule has 12 heteroatoms. The van der Waals surface area contributed by atoms with E-state index in [9.17, 15) is 27.5 Å². The van der Waals surface area contributed by atoms with Crippen molar-refractivity contribution in [2.24, 2.45) is 5.92 Å². The Labute approximate surface area is 238 Å². The van der Waals surface area contributed by atoms with E-state index in [0.29, 0.717) is 5.69 Å². The summed E-state index contributed by atoms with van der Waals surface area (Å²) in [6, 6.07) is 16.8. The van der Waals surface area contributed by atoms with Crippen LogP contribution in [0.15, 0.2) is 77.7 Å². The maximum absolute atomic E-state index is 13.6. The topological polar surface area (TPSA) is 128 Å². The number of aliphatic hydroxyl groups excluding tert-OH is 1. The number of ether oxygens (including phenoxy) is 1. The van der Waals surface area contributed by atoms with Crippen LogP contribution < -0.4 is 15.4 Å². The Balaban J connectivity index is 1.68. The number of hydrogen-bond donors (Lipinski definition) is 3. The number of benzene rings is 3. The first-order chi connectivity index (χ1) is 19.5. The van der Waals surface area contributed by atoms with Crippen LogP contribution in [0.25, 0.3) is 0 Å². The van der Waals surface area contributed by atoms with Gasteiger partial charge in [-0.25, -0.2) is 17.6 Å². The Morgan fingerprint density at radius 3 is 2.44 bits per heavy atom. The standard InChI is InChI=1S/C29H33FN4O6S/c1-19-16-34(20(2)18-35)28(36)24-10-7-11-25(32-29(37)31-22-14-12-21(30)13-15-22)27(24)40-26(19)17-33(3)41(38,39)23-8-5-4-6-9-23/h4-15,19-20,26,35H,16-18H2,1-3H3,(H2,31,32,37)/t19-,20+,26+/m0/s1. The number of sulfonamides is 1. The number of anilines is 2. The molecule has 0 fully saturated rings. The molecule has 10 nitrogen and oxygen atoms in total. The molecule has 1 aliphatic heterocycles. The third-order valence-electron chi connectivity index (χ3n) is 6.93. The Hall–Kier alpha value is -4.00. The van der Waals surface area contributed by atoms with E-state index in [1.807, 2.05) is 6.92 Å². The average molecular weight is 585 g/mol. The summed E-state index contributed by atoms with van der Waals surface area (Å²) in [5.74, 6) is -1.15.